The van der Waals surface area contributed by atoms with Crippen molar-refractivity contribution in [3.63, 3.8) is 0 Å². The molecule has 1 heterocycles. The van der Waals surface area contributed by atoms with Gasteiger partial charge >= 0.3 is 0 Å². The minimum atomic E-state index is -0.0641. The smallest absolute Gasteiger partial charge is 0.226 e. The zero-order chi connectivity index (χ0) is 20.1. The van der Waals surface area contributed by atoms with Gasteiger partial charge in [0.05, 0.1) is 6.61 Å². The van der Waals surface area contributed by atoms with Crippen molar-refractivity contribution in [2.24, 2.45) is 0 Å². The van der Waals surface area contributed by atoms with Crippen LogP contribution in [0.2, 0.25) is 0 Å². The summed E-state index contributed by atoms with van der Waals surface area (Å²) in [5.41, 5.74) is 3.95. The normalized spacial score (nSPS) is 10.7. The standard InChI is InChI=1S/C21H24N4O2S/c1-4-27-18-7-5-16(6-8-18)20-23-24-21(28)25(20)10-9-19(26)22-17-12-14(2)11-15(3)13-17/h5-8,11-13H,4,9-10H2,1-3H3,(H,22,26)(H,24,28). The number of benzene rings is 2. The van der Waals surface area contributed by atoms with E-state index in [0.29, 0.717) is 30.2 Å². The maximum Gasteiger partial charge on any atom is 0.226 e. The lowest BCUT2D eigenvalue weighted by Crippen LogP contribution is -2.15. The summed E-state index contributed by atoms with van der Waals surface area (Å²) in [6.45, 7) is 7.03. The van der Waals surface area contributed by atoms with Crippen LogP contribution in [0, 0.1) is 18.6 Å². The molecule has 146 valence electrons. The van der Waals surface area contributed by atoms with E-state index in [1.165, 1.54) is 0 Å². The average Bonchev–Trinajstić information content (AvgIpc) is 3.00. The number of anilines is 1. The van der Waals surface area contributed by atoms with E-state index in [1.807, 2.05) is 61.7 Å². The van der Waals surface area contributed by atoms with E-state index in [-0.39, 0.29) is 5.91 Å². The lowest BCUT2D eigenvalue weighted by atomic mass is 10.1. The summed E-state index contributed by atoms with van der Waals surface area (Å²) in [4.78, 5) is 12.4. The number of hydrogen-bond donors (Lipinski definition) is 2. The summed E-state index contributed by atoms with van der Waals surface area (Å²) in [5.74, 6) is 1.44. The van der Waals surface area contributed by atoms with Gasteiger partial charge in [-0.3, -0.25) is 14.5 Å². The minimum absolute atomic E-state index is 0.0641. The fourth-order valence-electron chi connectivity index (χ4n) is 3.10. The molecular weight excluding hydrogens is 372 g/mol. The van der Waals surface area contributed by atoms with Crippen molar-refractivity contribution in [1.82, 2.24) is 14.8 Å². The van der Waals surface area contributed by atoms with Crippen molar-refractivity contribution in [1.29, 1.82) is 0 Å². The molecule has 0 fully saturated rings. The third-order valence-electron chi connectivity index (χ3n) is 4.25. The van der Waals surface area contributed by atoms with Crippen molar-refractivity contribution in [2.75, 3.05) is 11.9 Å². The molecule has 0 aliphatic heterocycles. The van der Waals surface area contributed by atoms with E-state index < -0.39 is 0 Å². The molecule has 0 atom stereocenters. The van der Waals surface area contributed by atoms with Crippen molar-refractivity contribution in [3.8, 4) is 17.1 Å². The fourth-order valence-corrected chi connectivity index (χ4v) is 3.32. The van der Waals surface area contributed by atoms with Crippen molar-refractivity contribution in [2.45, 2.75) is 33.7 Å². The summed E-state index contributed by atoms with van der Waals surface area (Å²) in [7, 11) is 0. The molecular formula is C21H24N4O2S. The number of ether oxygens (including phenoxy) is 1. The molecule has 0 saturated heterocycles. The zero-order valence-electron chi connectivity index (χ0n) is 16.3. The maximum absolute atomic E-state index is 12.4. The minimum Gasteiger partial charge on any atom is -0.494 e. The Morgan fingerprint density at radius 2 is 1.86 bits per heavy atom. The Morgan fingerprint density at radius 3 is 2.50 bits per heavy atom. The van der Waals surface area contributed by atoms with Gasteiger partial charge in [0.25, 0.3) is 0 Å². The van der Waals surface area contributed by atoms with Crippen molar-refractivity contribution >= 4 is 23.8 Å². The summed E-state index contributed by atoms with van der Waals surface area (Å²) < 4.78 is 7.80. The van der Waals surface area contributed by atoms with Gasteiger partial charge in [-0.15, -0.1) is 0 Å². The molecule has 1 aromatic heterocycles. The number of nitrogens with zero attached hydrogens (tertiary/aromatic N) is 2. The van der Waals surface area contributed by atoms with Gasteiger partial charge in [-0.25, -0.2) is 0 Å². The molecule has 0 unspecified atom stereocenters. The Bertz CT molecular complexity index is 1000. The Balaban J connectivity index is 1.70. The molecule has 0 spiro atoms. The highest BCUT2D eigenvalue weighted by molar-refractivity contribution is 7.71. The topological polar surface area (TPSA) is 71.9 Å². The molecule has 3 rings (SSSR count). The van der Waals surface area contributed by atoms with Crippen molar-refractivity contribution in [3.05, 3.63) is 58.4 Å². The molecule has 2 N–H and O–H groups in total. The Morgan fingerprint density at radius 1 is 1.18 bits per heavy atom. The van der Waals surface area contributed by atoms with E-state index in [9.17, 15) is 4.79 Å². The third kappa shape index (κ3) is 4.86. The number of hydrogen-bond acceptors (Lipinski definition) is 4. The summed E-state index contributed by atoms with van der Waals surface area (Å²) in [6.07, 6.45) is 0.296. The molecule has 0 bridgehead atoms. The average molecular weight is 397 g/mol. The molecule has 7 heteroatoms. The fraction of sp³-hybridized carbons (Fsp3) is 0.286. The largest absolute Gasteiger partial charge is 0.494 e. The number of rotatable bonds is 7. The van der Waals surface area contributed by atoms with Crippen LogP contribution in [0.15, 0.2) is 42.5 Å². The van der Waals surface area contributed by atoms with E-state index in [1.54, 1.807) is 0 Å². The molecule has 28 heavy (non-hydrogen) atoms. The van der Waals surface area contributed by atoms with E-state index in [0.717, 1.165) is 28.1 Å². The van der Waals surface area contributed by atoms with Crippen LogP contribution < -0.4 is 10.1 Å². The van der Waals surface area contributed by atoms with Gasteiger partial charge < -0.3 is 10.1 Å². The monoisotopic (exact) mass is 396 g/mol. The molecule has 0 saturated carbocycles. The molecule has 1 amide bonds. The highest BCUT2D eigenvalue weighted by Crippen LogP contribution is 2.21. The van der Waals surface area contributed by atoms with Crippen LogP contribution in [0.4, 0.5) is 5.69 Å². The first-order chi connectivity index (χ1) is 13.5. The highest BCUT2D eigenvalue weighted by Gasteiger charge is 2.11. The van der Waals surface area contributed by atoms with E-state index >= 15 is 0 Å². The quantitative estimate of drug-likeness (QED) is 0.570. The van der Waals surface area contributed by atoms with Crippen LogP contribution in [-0.2, 0) is 11.3 Å². The SMILES string of the molecule is CCOc1ccc(-c2n[nH]c(=S)n2CCC(=O)Nc2cc(C)cc(C)c2)cc1. The third-order valence-corrected chi connectivity index (χ3v) is 4.56. The van der Waals surface area contributed by atoms with Gasteiger partial charge in [-0.2, -0.15) is 5.10 Å². The number of amides is 1. The van der Waals surface area contributed by atoms with Gasteiger partial charge in [0.15, 0.2) is 10.6 Å². The van der Waals surface area contributed by atoms with Gasteiger partial charge in [0.1, 0.15) is 5.75 Å². The lowest BCUT2D eigenvalue weighted by Gasteiger charge is -2.10. The number of carbonyl (C=O) groups excluding carboxylic acids is 1. The van der Waals surface area contributed by atoms with Crippen molar-refractivity contribution < 1.29 is 9.53 Å². The number of nitrogens with one attached hydrogen (secondary N) is 2. The van der Waals surface area contributed by atoms with Gasteiger partial charge in [0.2, 0.25) is 5.91 Å². The number of aromatic amines is 1. The molecule has 0 aliphatic carbocycles. The van der Waals surface area contributed by atoms with Crippen LogP contribution in [0.25, 0.3) is 11.4 Å². The number of H-pyrrole nitrogens is 1. The summed E-state index contributed by atoms with van der Waals surface area (Å²) in [6, 6.07) is 13.6. The van der Waals surface area contributed by atoms with Crippen LogP contribution in [0.3, 0.4) is 0 Å². The highest BCUT2D eigenvalue weighted by atomic mass is 32.1. The Hall–Kier alpha value is -2.93. The van der Waals surface area contributed by atoms with E-state index in [4.69, 9.17) is 17.0 Å². The number of aryl methyl sites for hydroxylation is 2. The van der Waals surface area contributed by atoms with Crippen LogP contribution in [0.1, 0.15) is 24.5 Å². The molecule has 0 radical (unpaired) electrons. The van der Waals surface area contributed by atoms with Gasteiger partial charge in [0, 0.05) is 24.2 Å². The van der Waals surface area contributed by atoms with Crippen LogP contribution in [0.5, 0.6) is 5.75 Å². The lowest BCUT2D eigenvalue weighted by molar-refractivity contribution is -0.116. The second kappa shape index (κ2) is 8.84. The second-order valence-electron chi connectivity index (χ2n) is 6.64. The summed E-state index contributed by atoms with van der Waals surface area (Å²) >= 11 is 5.34. The van der Waals surface area contributed by atoms with Gasteiger partial charge in [-0.1, -0.05) is 6.07 Å². The molecule has 0 aliphatic rings. The molecule has 3 aromatic rings. The Labute approximate surface area is 169 Å². The summed E-state index contributed by atoms with van der Waals surface area (Å²) in [5, 5.41) is 10.1. The first kappa shape index (κ1) is 19.8. The first-order valence-electron chi connectivity index (χ1n) is 9.23. The van der Waals surface area contributed by atoms with Gasteiger partial charge in [-0.05, 0) is 80.5 Å². The molecule has 6 nitrogen and oxygen atoms in total. The predicted octanol–water partition coefficient (Wildman–Crippen LogP) is 4.65. The Kier molecular flexibility index (Phi) is 6.26. The number of aromatic nitrogens is 3. The predicted molar refractivity (Wildman–Crippen MR) is 113 cm³/mol. The van der Waals surface area contributed by atoms with Crippen LogP contribution >= 0.6 is 12.2 Å². The number of carbonyl (C=O) groups is 1. The van der Waals surface area contributed by atoms with Crippen LogP contribution in [-0.4, -0.2) is 27.3 Å². The maximum atomic E-state index is 12.4. The molecule has 2 aromatic carbocycles. The second-order valence-corrected chi connectivity index (χ2v) is 7.02. The zero-order valence-corrected chi connectivity index (χ0v) is 17.1. The first-order valence-corrected chi connectivity index (χ1v) is 9.63. The van der Waals surface area contributed by atoms with E-state index in [2.05, 4.69) is 21.6 Å².